The Morgan fingerprint density at radius 3 is 2.53 bits per heavy atom. The molecule has 158 valence electrons. The molecule has 0 saturated heterocycles. The number of pyridine rings is 1. The Hall–Kier alpha value is -2.38. The van der Waals surface area contributed by atoms with E-state index in [0.717, 1.165) is 11.1 Å². The molecule has 0 aliphatic heterocycles. The lowest BCUT2D eigenvalue weighted by molar-refractivity contribution is 0.0586. The molecule has 2 aromatic heterocycles. The van der Waals surface area contributed by atoms with Crippen LogP contribution in [-0.4, -0.2) is 27.2 Å². The number of methoxy groups -OCH3 is 1. The first-order chi connectivity index (χ1) is 14.3. The topological polar surface area (TPSA) is 66.1 Å². The lowest BCUT2D eigenvalue weighted by Gasteiger charge is -2.18. The standard InChI is InChI=1S/C22H23BrClN3O3/c1-5-27-19(21(29)30-4)18(25-22(27)23)17(15-6-8-16(24)9-7-15)11-14-10-13(2)20(28)26(3)12-14/h6-10,12,17H,5,11H2,1-4H3. The Bertz CT molecular complexity index is 1110. The number of nitrogens with zero attached hydrogens (tertiary/aromatic N) is 3. The lowest BCUT2D eigenvalue weighted by Crippen LogP contribution is -2.20. The number of benzene rings is 1. The molecule has 3 rings (SSSR count). The predicted molar refractivity (Wildman–Crippen MR) is 120 cm³/mol. The van der Waals surface area contributed by atoms with E-state index in [2.05, 4.69) is 20.9 Å². The maximum atomic E-state index is 12.7. The van der Waals surface area contributed by atoms with Gasteiger partial charge in [0.2, 0.25) is 0 Å². The molecule has 0 saturated carbocycles. The summed E-state index contributed by atoms with van der Waals surface area (Å²) < 4.78 is 8.98. The molecule has 1 unspecified atom stereocenters. The van der Waals surface area contributed by atoms with Gasteiger partial charge in [0.25, 0.3) is 5.56 Å². The van der Waals surface area contributed by atoms with Crippen LogP contribution >= 0.6 is 27.5 Å². The molecule has 0 bridgehead atoms. The van der Waals surface area contributed by atoms with E-state index in [1.165, 1.54) is 7.11 Å². The number of rotatable bonds is 6. The first-order valence-corrected chi connectivity index (χ1v) is 10.7. The lowest BCUT2D eigenvalue weighted by atomic mass is 9.88. The van der Waals surface area contributed by atoms with Crippen LogP contribution in [0.4, 0.5) is 0 Å². The normalized spacial score (nSPS) is 12.1. The van der Waals surface area contributed by atoms with Crippen LogP contribution < -0.4 is 5.56 Å². The molecule has 0 aliphatic rings. The number of aromatic nitrogens is 3. The fourth-order valence-corrected chi connectivity index (χ4v) is 4.41. The summed E-state index contributed by atoms with van der Waals surface area (Å²) in [5.41, 5.74) is 3.59. The number of aryl methyl sites for hydroxylation is 2. The number of hydrogen-bond donors (Lipinski definition) is 0. The Labute approximate surface area is 188 Å². The molecule has 1 atom stereocenters. The monoisotopic (exact) mass is 491 g/mol. The molecular weight excluding hydrogens is 470 g/mol. The predicted octanol–water partition coefficient (Wildman–Crippen LogP) is 4.49. The summed E-state index contributed by atoms with van der Waals surface area (Å²) in [7, 11) is 3.10. The van der Waals surface area contributed by atoms with Crippen LogP contribution in [0, 0.1) is 6.92 Å². The van der Waals surface area contributed by atoms with Crippen LogP contribution in [0.25, 0.3) is 0 Å². The summed E-state index contributed by atoms with van der Waals surface area (Å²) in [6, 6.07) is 9.39. The van der Waals surface area contributed by atoms with Gasteiger partial charge in [0.05, 0.1) is 12.8 Å². The van der Waals surface area contributed by atoms with Crippen molar-refractivity contribution in [2.24, 2.45) is 7.05 Å². The number of halogens is 2. The molecule has 3 aromatic rings. The van der Waals surface area contributed by atoms with E-state index in [0.29, 0.717) is 39.7 Å². The summed E-state index contributed by atoms with van der Waals surface area (Å²) in [4.78, 5) is 29.5. The Kier molecular flexibility index (Phi) is 6.83. The zero-order valence-corrected chi connectivity index (χ0v) is 19.6. The van der Waals surface area contributed by atoms with Gasteiger partial charge in [-0.2, -0.15) is 0 Å². The third-order valence-electron chi connectivity index (χ3n) is 5.10. The first-order valence-electron chi connectivity index (χ1n) is 9.52. The maximum absolute atomic E-state index is 12.7. The van der Waals surface area contributed by atoms with Crippen molar-refractivity contribution in [3.05, 3.63) is 84.7 Å². The van der Waals surface area contributed by atoms with Gasteiger partial charge in [0, 0.05) is 36.3 Å². The van der Waals surface area contributed by atoms with Gasteiger partial charge in [0.1, 0.15) is 0 Å². The molecule has 0 spiro atoms. The molecule has 0 N–H and O–H groups in total. The van der Waals surface area contributed by atoms with Crippen molar-refractivity contribution in [3.8, 4) is 0 Å². The van der Waals surface area contributed by atoms with E-state index < -0.39 is 5.97 Å². The minimum atomic E-state index is -0.444. The summed E-state index contributed by atoms with van der Waals surface area (Å²) in [6.45, 7) is 4.30. The molecular formula is C22H23BrClN3O3. The highest BCUT2D eigenvalue weighted by molar-refractivity contribution is 9.10. The van der Waals surface area contributed by atoms with Gasteiger partial charge >= 0.3 is 5.97 Å². The van der Waals surface area contributed by atoms with Crippen molar-refractivity contribution < 1.29 is 9.53 Å². The number of ether oxygens (including phenoxy) is 1. The summed E-state index contributed by atoms with van der Waals surface area (Å²) in [5, 5.41) is 0.629. The largest absolute Gasteiger partial charge is 0.464 e. The minimum Gasteiger partial charge on any atom is -0.464 e. The molecule has 0 amide bonds. The first kappa shape index (κ1) is 22.3. The highest BCUT2D eigenvalue weighted by Gasteiger charge is 2.29. The van der Waals surface area contributed by atoms with Crippen molar-refractivity contribution in [2.45, 2.75) is 32.7 Å². The van der Waals surface area contributed by atoms with Crippen LogP contribution in [0.1, 0.15) is 45.7 Å². The van der Waals surface area contributed by atoms with Gasteiger partial charge in [-0.25, -0.2) is 9.78 Å². The zero-order chi connectivity index (χ0) is 22.0. The Morgan fingerprint density at radius 2 is 1.97 bits per heavy atom. The van der Waals surface area contributed by atoms with E-state index >= 15 is 0 Å². The molecule has 8 heteroatoms. The average molecular weight is 493 g/mol. The van der Waals surface area contributed by atoms with E-state index in [1.807, 2.05) is 43.5 Å². The van der Waals surface area contributed by atoms with E-state index in [1.54, 1.807) is 23.1 Å². The molecule has 1 aromatic carbocycles. The molecule has 0 aliphatic carbocycles. The number of imidazole rings is 1. The van der Waals surface area contributed by atoms with Crippen LogP contribution in [0.5, 0.6) is 0 Å². The minimum absolute atomic E-state index is 0.0324. The fourth-order valence-electron chi connectivity index (χ4n) is 3.66. The second-order valence-corrected chi connectivity index (χ2v) is 8.25. The zero-order valence-electron chi connectivity index (χ0n) is 17.3. The average Bonchev–Trinajstić information content (AvgIpc) is 3.06. The highest BCUT2D eigenvalue weighted by Crippen LogP contribution is 2.33. The van der Waals surface area contributed by atoms with Gasteiger partial charge in [0.15, 0.2) is 10.4 Å². The third-order valence-corrected chi connectivity index (χ3v) is 5.96. The summed E-state index contributed by atoms with van der Waals surface area (Å²) >= 11 is 9.57. The van der Waals surface area contributed by atoms with Crippen molar-refractivity contribution in [3.63, 3.8) is 0 Å². The molecule has 0 radical (unpaired) electrons. The van der Waals surface area contributed by atoms with Crippen LogP contribution in [0.2, 0.25) is 5.02 Å². The van der Waals surface area contributed by atoms with Gasteiger partial charge in [-0.15, -0.1) is 0 Å². The Morgan fingerprint density at radius 1 is 1.30 bits per heavy atom. The molecule has 0 fully saturated rings. The second-order valence-electron chi connectivity index (χ2n) is 7.11. The Balaban J connectivity index is 2.20. The van der Waals surface area contributed by atoms with E-state index in [4.69, 9.17) is 16.3 Å². The van der Waals surface area contributed by atoms with Crippen LogP contribution in [0.15, 0.2) is 46.1 Å². The number of carbonyl (C=O) groups is 1. The van der Waals surface area contributed by atoms with E-state index in [-0.39, 0.29) is 11.5 Å². The van der Waals surface area contributed by atoms with Crippen LogP contribution in [0.3, 0.4) is 0 Å². The SMILES string of the molecule is CCn1c(Br)nc(C(Cc2cc(C)c(=O)n(C)c2)c2ccc(Cl)cc2)c1C(=O)OC. The number of carbonyl (C=O) groups excluding carboxylic acids is 1. The molecule has 6 nitrogen and oxygen atoms in total. The quantitative estimate of drug-likeness (QED) is 0.476. The third kappa shape index (κ3) is 4.37. The summed E-state index contributed by atoms with van der Waals surface area (Å²) in [6.07, 6.45) is 2.37. The van der Waals surface area contributed by atoms with Gasteiger partial charge < -0.3 is 13.9 Å². The van der Waals surface area contributed by atoms with Crippen molar-refractivity contribution in [1.82, 2.24) is 14.1 Å². The summed E-state index contributed by atoms with van der Waals surface area (Å²) in [5.74, 6) is -0.682. The smallest absolute Gasteiger partial charge is 0.356 e. The highest BCUT2D eigenvalue weighted by atomic mass is 79.9. The number of esters is 1. The van der Waals surface area contributed by atoms with Crippen molar-refractivity contribution in [1.29, 1.82) is 0 Å². The number of hydrogen-bond acceptors (Lipinski definition) is 4. The van der Waals surface area contributed by atoms with E-state index in [9.17, 15) is 9.59 Å². The van der Waals surface area contributed by atoms with Gasteiger partial charge in [-0.1, -0.05) is 23.7 Å². The van der Waals surface area contributed by atoms with Gasteiger partial charge in [-0.05, 0) is 65.5 Å². The van der Waals surface area contributed by atoms with Gasteiger partial charge in [-0.3, -0.25) is 4.79 Å². The maximum Gasteiger partial charge on any atom is 0.356 e. The fraction of sp³-hybridized carbons (Fsp3) is 0.318. The van der Waals surface area contributed by atoms with Crippen LogP contribution in [-0.2, 0) is 24.8 Å². The van der Waals surface area contributed by atoms with Crippen molar-refractivity contribution >= 4 is 33.5 Å². The van der Waals surface area contributed by atoms with Crippen molar-refractivity contribution in [2.75, 3.05) is 7.11 Å². The molecule has 30 heavy (non-hydrogen) atoms. The second kappa shape index (κ2) is 9.18. The molecule has 2 heterocycles.